The molecule has 29 heavy (non-hydrogen) atoms. The van der Waals surface area contributed by atoms with Gasteiger partial charge in [0.2, 0.25) is 0 Å². The molecule has 2 heteroatoms. The van der Waals surface area contributed by atoms with Gasteiger partial charge in [0, 0.05) is 0 Å². The summed E-state index contributed by atoms with van der Waals surface area (Å²) in [4.78, 5) is 0. The second-order valence-corrected chi connectivity index (χ2v) is 11.2. The molecule has 0 radical (unpaired) electrons. The van der Waals surface area contributed by atoms with Crippen LogP contribution < -0.4 is 0 Å². The number of allylic oxidation sites excluding steroid dienone is 4. The van der Waals surface area contributed by atoms with Crippen molar-refractivity contribution < 1.29 is 10.2 Å². The summed E-state index contributed by atoms with van der Waals surface area (Å²) < 4.78 is 0. The van der Waals surface area contributed by atoms with Crippen LogP contribution in [0.25, 0.3) is 0 Å². The zero-order chi connectivity index (χ0) is 21.2. The molecule has 2 unspecified atom stereocenters. The van der Waals surface area contributed by atoms with Crippen LogP contribution in [0.5, 0.6) is 0 Å². The van der Waals surface area contributed by atoms with Crippen LogP contribution in [-0.4, -0.2) is 21.9 Å². The average Bonchev–Trinajstić information content (AvgIpc) is 2.99. The van der Waals surface area contributed by atoms with Crippen LogP contribution in [0.3, 0.4) is 0 Å². The van der Waals surface area contributed by atoms with Crippen molar-refractivity contribution in [1.29, 1.82) is 0 Å². The standard InChI is InChI=1S/C27H44O2/c1-19-10-13-23(28)18-22(19)12-11-21-9-7-17-27(5)24(14-15-25(21)27)20(2)8-6-16-26(3,4)29/h11-12,20,23-25,28-29H,1,6-10,13-18H2,2-5H3/b21-11+,22-12-/t20?,23-,24?,25-,27+/m0/s1. The first kappa shape index (κ1) is 22.8. The van der Waals surface area contributed by atoms with Gasteiger partial charge in [-0.1, -0.05) is 56.6 Å². The number of fused-ring (bicyclic) bond motifs is 1. The highest BCUT2D eigenvalue weighted by molar-refractivity contribution is 5.36. The minimum atomic E-state index is -0.535. The minimum Gasteiger partial charge on any atom is -0.393 e. The smallest absolute Gasteiger partial charge is 0.0591 e. The van der Waals surface area contributed by atoms with Crippen LogP contribution in [0.4, 0.5) is 0 Å². The highest BCUT2D eigenvalue weighted by Crippen LogP contribution is 2.60. The van der Waals surface area contributed by atoms with Crippen LogP contribution in [0.15, 0.2) is 35.5 Å². The molecule has 3 saturated carbocycles. The van der Waals surface area contributed by atoms with Gasteiger partial charge in [-0.3, -0.25) is 0 Å². The second-order valence-electron chi connectivity index (χ2n) is 11.2. The third-order valence-corrected chi connectivity index (χ3v) is 8.36. The lowest BCUT2D eigenvalue weighted by Gasteiger charge is -2.44. The molecule has 0 saturated heterocycles. The van der Waals surface area contributed by atoms with Crippen molar-refractivity contribution in [1.82, 2.24) is 0 Å². The Morgan fingerprint density at radius 1 is 1.21 bits per heavy atom. The topological polar surface area (TPSA) is 40.5 Å². The van der Waals surface area contributed by atoms with Crippen molar-refractivity contribution >= 4 is 0 Å². The molecule has 0 spiro atoms. The van der Waals surface area contributed by atoms with Crippen molar-refractivity contribution in [3.8, 4) is 0 Å². The molecule has 0 amide bonds. The molecule has 164 valence electrons. The number of aliphatic hydroxyl groups is 2. The molecule has 2 N–H and O–H groups in total. The number of aliphatic hydroxyl groups excluding tert-OH is 1. The zero-order valence-corrected chi connectivity index (χ0v) is 19.3. The monoisotopic (exact) mass is 400 g/mol. The van der Waals surface area contributed by atoms with Crippen molar-refractivity contribution in [2.75, 3.05) is 0 Å². The maximum Gasteiger partial charge on any atom is 0.0591 e. The third-order valence-electron chi connectivity index (χ3n) is 8.36. The SMILES string of the molecule is C=C1CC[C@H](O)C/C1=C/C=C1\CCC[C@]2(C)C(C(C)CCCC(C)(C)O)CC[C@@H]12. The number of rotatable bonds is 6. The summed E-state index contributed by atoms with van der Waals surface area (Å²) in [6, 6.07) is 0. The maximum absolute atomic E-state index is 10.0. The highest BCUT2D eigenvalue weighted by Gasteiger charge is 2.50. The van der Waals surface area contributed by atoms with Gasteiger partial charge in [0.15, 0.2) is 0 Å². The second kappa shape index (κ2) is 9.10. The van der Waals surface area contributed by atoms with Gasteiger partial charge in [0.25, 0.3) is 0 Å². The van der Waals surface area contributed by atoms with E-state index in [4.69, 9.17) is 0 Å². The maximum atomic E-state index is 10.0. The molecule has 0 aromatic heterocycles. The van der Waals surface area contributed by atoms with E-state index >= 15 is 0 Å². The summed E-state index contributed by atoms with van der Waals surface area (Å²) in [6.45, 7) is 13.1. The Bertz CT molecular complexity index is 650. The van der Waals surface area contributed by atoms with E-state index in [2.05, 4.69) is 32.6 Å². The third kappa shape index (κ3) is 5.44. The minimum absolute atomic E-state index is 0.192. The molecule has 3 aliphatic rings. The fourth-order valence-corrected chi connectivity index (χ4v) is 6.67. The average molecular weight is 401 g/mol. The van der Waals surface area contributed by atoms with E-state index in [1.165, 1.54) is 49.7 Å². The van der Waals surface area contributed by atoms with Crippen molar-refractivity contribution in [2.24, 2.45) is 23.2 Å². The molecule has 2 nitrogen and oxygen atoms in total. The van der Waals surface area contributed by atoms with Crippen LogP contribution in [0.2, 0.25) is 0 Å². The first-order valence-electron chi connectivity index (χ1n) is 12.1. The van der Waals surface area contributed by atoms with Gasteiger partial charge < -0.3 is 10.2 Å². The number of hydrogen-bond acceptors (Lipinski definition) is 2. The molecular formula is C27H44O2. The van der Waals surface area contributed by atoms with Crippen molar-refractivity contribution in [3.63, 3.8) is 0 Å². The molecule has 0 aliphatic heterocycles. The lowest BCUT2D eigenvalue weighted by Crippen LogP contribution is -2.36. The predicted molar refractivity (Wildman–Crippen MR) is 123 cm³/mol. The van der Waals surface area contributed by atoms with Gasteiger partial charge in [-0.15, -0.1) is 0 Å². The quantitative estimate of drug-likeness (QED) is 0.518. The number of hydrogen-bond donors (Lipinski definition) is 2. The Morgan fingerprint density at radius 2 is 1.97 bits per heavy atom. The molecule has 0 aromatic rings. The van der Waals surface area contributed by atoms with Crippen molar-refractivity contribution in [3.05, 3.63) is 35.5 Å². The summed E-state index contributed by atoms with van der Waals surface area (Å²) in [7, 11) is 0. The zero-order valence-electron chi connectivity index (χ0n) is 19.3. The van der Waals surface area contributed by atoms with Gasteiger partial charge in [0.05, 0.1) is 11.7 Å². The van der Waals surface area contributed by atoms with Crippen LogP contribution in [-0.2, 0) is 0 Å². The normalized spacial score (nSPS) is 37.2. The van der Waals surface area contributed by atoms with Crippen LogP contribution in [0.1, 0.15) is 98.3 Å². The molecule has 5 atom stereocenters. The largest absolute Gasteiger partial charge is 0.393 e. The molecule has 0 bridgehead atoms. The van der Waals surface area contributed by atoms with E-state index in [1.807, 2.05) is 13.8 Å². The van der Waals surface area contributed by atoms with E-state index in [-0.39, 0.29) is 6.10 Å². The van der Waals surface area contributed by atoms with Crippen molar-refractivity contribution in [2.45, 2.75) is 110 Å². The van der Waals surface area contributed by atoms with Crippen LogP contribution >= 0.6 is 0 Å². The van der Waals surface area contributed by atoms with Gasteiger partial charge in [-0.2, -0.15) is 0 Å². The lowest BCUT2D eigenvalue weighted by molar-refractivity contribution is 0.0596. The summed E-state index contributed by atoms with van der Waals surface area (Å²) in [5.41, 5.74) is 4.02. The molecular weight excluding hydrogens is 356 g/mol. The fourth-order valence-electron chi connectivity index (χ4n) is 6.67. The first-order chi connectivity index (χ1) is 13.6. The Balaban J connectivity index is 1.68. The Morgan fingerprint density at radius 3 is 2.69 bits per heavy atom. The van der Waals surface area contributed by atoms with Crippen LogP contribution in [0, 0.1) is 23.2 Å². The van der Waals surface area contributed by atoms with E-state index < -0.39 is 5.60 Å². The molecule has 3 aliphatic carbocycles. The Hall–Kier alpha value is -0.860. The summed E-state index contributed by atoms with van der Waals surface area (Å²) in [5.74, 6) is 2.26. The molecule has 3 fully saturated rings. The van der Waals surface area contributed by atoms with Gasteiger partial charge in [0.1, 0.15) is 0 Å². The fraction of sp³-hybridized carbons (Fsp3) is 0.778. The van der Waals surface area contributed by atoms with E-state index in [9.17, 15) is 10.2 Å². The van der Waals surface area contributed by atoms with Gasteiger partial charge >= 0.3 is 0 Å². The van der Waals surface area contributed by atoms with Gasteiger partial charge in [-0.05, 0) is 100 Å². The van der Waals surface area contributed by atoms with Gasteiger partial charge in [-0.25, -0.2) is 0 Å². The molecule has 3 rings (SSSR count). The summed E-state index contributed by atoms with van der Waals surface area (Å²) >= 11 is 0. The Kier molecular flexibility index (Phi) is 7.16. The van der Waals surface area contributed by atoms with E-state index in [0.717, 1.165) is 49.9 Å². The van der Waals surface area contributed by atoms with E-state index in [1.54, 1.807) is 5.57 Å². The van der Waals surface area contributed by atoms with E-state index in [0.29, 0.717) is 5.41 Å². The lowest BCUT2D eigenvalue weighted by atomic mass is 9.60. The molecule has 0 heterocycles. The molecule has 0 aromatic carbocycles. The summed E-state index contributed by atoms with van der Waals surface area (Å²) in [6.07, 6.45) is 16.9. The highest BCUT2D eigenvalue weighted by atomic mass is 16.3. The predicted octanol–water partition coefficient (Wildman–Crippen LogP) is 6.73. The summed E-state index contributed by atoms with van der Waals surface area (Å²) in [5, 5.41) is 20.1. The Labute approximate surface area is 179 Å². The first-order valence-corrected chi connectivity index (χ1v) is 12.1.